The molecule has 4 unspecified atom stereocenters. The number of hydrogen-bond acceptors (Lipinski definition) is 6. The van der Waals surface area contributed by atoms with E-state index in [1.165, 1.54) is 4.57 Å². The minimum Gasteiger partial charge on any atom is -0.460 e. The summed E-state index contributed by atoms with van der Waals surface area (Å²) in [4.78, 5) is 52.1. The molecule has 9 heteroatoms. The number of anilines is 2. The van der Waals surface area contributed by atoms with Crippen molar-refractivity contribution < 1.29 is 14.3 Å². The van der Waals surface area contributed by atoms with Gasteiger partial charge in [-0.3, -0.25) is 23.5 Å². The monoisotopic (exact) mass is 462 g/mol. The van der Waals surface area contributed by atoms with E-state index in [1.807, 2.05) is 34.6 Å². The molecule has 2 fully saturated rings. The summed E-state index contributed by atoms with van der Waals surface area (Å²) in [7, 11) is 0. The number of carbonyl (C=O) groups is 2. The molecule has 2 saturated carbocycles. The molecular weight excluding hydrogens is 424 g/mol. The average molecular weight is 463 g/mol. The van der Waals surface area contributed by atoms with Crippen LogP contribution in [0.15, 0.2) is 9.59 Å². The van der Waals surface area contributed by atoms with Crippen molar-refractivity contribution in [3.63, 3.8) is 0 Å². The van der Waals surface area contributed by atoms with Crippen molar-refractivity contribution >= 4 is 23.4 Å². The van der Waals surface area contributed by atoms with Crippen LogP contribution in [0, 0.1) is 23.7 Å². The van der Waals surface area contributed by atoms with Crippen LogP contribution in [0.2, 0.25) is 0 Å². The Morgan fingerprint density at radius 3 is 2.24 bits per heavy atom. The highest BCUT2D eigenvalue weighted by Crippen LogP contribution is 2.50. The van der Waals surface area contributed by atoms with Gasteiger partial charge in [-0.05, 0) is 71.1 Å². The summed E-state index contributed by atoms with van der Waals surface area (Å²) in [6, 6.07) is 0. The first-order valence-corrected chi connectivity index (χ1v) is 12.2. The fourth-order valence-electron chi connectivity index (χ4n) is 5.48. The average Bonchev–Trinajstić information content (AvgIpc) is 3.03. The third-order valence-corrected chi connectivity index (χ3v) is 6.83. The van der Waals surface area contributed by atoms with Crippen molar-refractivity contribution in [2.24, 2.45) is 23.7 Å². The number of hydrogen-bond donors (Lipinski definition) is 2. The Labute approximate surface area is 194 Å². The van der Waals surface area contributed by atoms with Crippen LogP contribution in [0.4, 0.5) is 11.5 Å². The Hall–Kier alpha value is -2.58. The second-order valence-electron chi connectivity index (χ2n) is 10.4. The number of nitrogens with zero attached hydrogens (tertiary/aromatic N) is 2. The van der Waals surface area contributed by atoms with Crippen LogP contribution in [0.1, 0.15) is 73.1 Å². The molecule has 184 valence electrons. The number of amides is 1. The van der Waals surface area contributed by atoms with Gasteiger partial charge in [0.1, 0.15) is 17.1 Å². The van der Waals surface area contributed by atoms with Crippen LogP contribution >= 0.6 is 0 Å². The zero-order valence-electron chi connectivity index (χ0n) is 20.5. The maximum absolute atomic E-state index is 13.5. The molecule has 1 amide bonds. The summed E-state index contributed by atoms with van der Waals surface area (Å²) < 4.78 is 8.12. The smallest absolute Gasteiger partial charge is 0.332 e. The fourth-order valence-corrected chi connectivity index (χ4v) is 5.48. The minimum absolute atomic E-state index is 0.0144. The van der Waals surface area contributed by atoms with E-state index in [2.05, 4.69) is 5.32 Å². The number of ether oxygens (including phenoxy) is 1. The van der Waals surface area contributed by atoms with Gasteiger partial charge in [-0.25, -0.2) is 4.79 Å². The molecule has 0 radical (unpaired) electrons. The lowest BCUT2D eigenvalue weighted by atomic mass is 9.71. The third kappa shape index (κ3) is 5.01. The highest BCUT2D eigenvalue weighted by atomic mass is 16.6. The van der Waals surface area contributed by atoms with Gasteiger partial charge in [-0.1, -0.05) is 13.8 Å². The number of nitrogens with two attached hydrogens (primary N) is 1. The number of fused-ring (bicyclic) bond motifs is 2. The first-order valence-electron chi connectivity index (χ1n) is 12.2. The van der Waals surface area contributed by atoms with Gasteiger partial charge in [0.25, 0.3) is 5.56 Å². The van der Waals surface area contributed by atoms with Gasteiger partial charge in [0, 0.05) is 19.0 Å². The Kier molecular flexibility index (Phi) is 7.39. The summed E-state index contributed by atoms with van der Waals surface area (Å²) in [6.45, 7) is 9.91. The van der Waals surface area contributed by atoms with Gasteiger partial charge in [0.2, 0.25) is 5.91 Å². The van der Waals surface area contributed by atoms with Crippen molar-refractivity contribution in [2.45, 2.75) is 91.8 Å². The van der Waals surface area contributed by atoms with E-state index < -0.39 is 16.9 Å². The molecule has 1 aromatic rings. The molecule has 0 spiro atoms. The van der Waals surface area contributed by atoms with Crippen molar-refractivity contribution in [2.75, 3.05) is 11.1 Å². The van der Waals surface area contributed by atoms with Crippen LogP contribution in [-0.2, 0) is 27.4 Å². The molecule has 0 aromatic carbocycles. The van der Waals surface area contributed by atoms with Crippen LogP contribution in [0.5, 0.6) is 0 Å². The second kappa shape index (κ2) is 9.73. The van der Waals surface area contributed by atoms with Gasteiger partial charge in [0.05, 0.1) is 5.92 Å². The van der Waals surface area contributed by atoms with E-state index in [9.17, 15) is 19.2 Å². The van der Waals surface area contributed by atoms with Crippen LogP contribution in [0.3, 0.4) is 0 Å². The standard InChI is InChI=1S/C24H38N4O5/c1-6-12-27-19(25)18(21(30)28(13-7-2)23(27)32)26-20(29)17-14-8-10-15(17)16(11-9-14)22(31)33-24(3,4)5/h14-17H,6-13,25H2,1-5H3,(H,26,29). The highest BCUT2D eigenvalue weighted by Gasteiger charge is 2.51. The Morgan fingerprint density at radius 2 is 1.64 bits per heavy atom. The zero-order valence-corrected chi connectivity index (χ0v) is 20.5. The lowest BCUT2D eigenvalue weighted by molar-refractivity contribution is -0.164. The summed E-state index contributed by atoms with van der Waals surface area (Å²) in [6.07, 6.45) is 4.38. The number of rotatable bonds is 7. The molecular formula is C24H38N4O5. The van der Waals surface area contributed by atoms with Crippen molar-refractivity contribution in [3.8, 4) is 0 Å². The van der Waals surface area contributed by atoms with Crippen LogP contribution in [-0.4, -0.2) is 26.6 Å². The van der Waals surface area contributed by atoms with Crippen molar-refractivity contribution in [1.29, 1.82) is 0 Å². The Bertz CT molecular complexity index is 1020. The summed E-state index contributed by atoms with van der Waals surface area (Å²) >= 11 is 0. The molecule has 3 N–H and O–H groups in total. The summed E-state index contributed by atoms with van der Waals surface area (Å²) in [5, 5.41) is 2.77. The molecule has 1 heterocycles. The first-order chi connectivity index (χ1) is 15.5. The SMILES string of the molecule is CCCn1c(N)c(NC(=O)C2C3CCC(C(=O)OC(C)(C)C)C2CC3)c(=O)n(CCC)c1=O. The molecule has 2 aliphatic carbocycles. The zero-order chi connectivity index (χ0) is 24.5. The molecule has 9 nitrogen and oxygen atoms in total. The summed E-state index contributed by atoms with van der Waals surface area (Å²) in [5.41, 5.74) is 4.54. The molecule has 4 atom stereocenters. The molecule has 33 heavy (non-hydrogen) atoms. The predicted molar refractivity (Wildman–Crippen MR) is 127 cm³/mol. The lowest BCUT2D eigenvalue weighted by Crippen LogP contribution is -2.45. The van der Waals surface area contributed by atoms with Gasteiger partial charge in [-0.2, -0.15) is 0 Å². The first kappa shape index (κ1) is 25.1. The van der Waals surface area contributed by atoms with E-state index in [0.29, 0.717) is 25.8 Å². The molecule has 2 aliphatic rings. The molecule has 3 rings (SSSR count). The van der Waals surface area contributed by atoms with Gasteiger partial charge in [0.15, 0.2) is 0 Å². The van der Waals surface area contributed by atoms with E-state index in [1.54, 1.807) is 0 Å². The van der Waals surface area contributed by atoms with Gasteiger partial charge < -0.3 is 15.8 Å². The largest absolute Gasteiger partial charge is 0.460 e. The topological polar surface area (TPSA) is 125 Å². The third-order valence-electron chi connectivity index (χ3n) is 6.83. The number of carbonyl (C=O) groups excluding carboxylic acids is 2. The molecule has 2 bridgehead atoms. The predicted octanol–water partition coefficient (Wildman–Crippen LogP) is 2.74. The van der Waals surface area contributed by atoms with E-state index in [-0.39, 0.29) is 53.6 Å². The number of esters is 1. The quantitative estimate of drug-likeness (QED) is 0.600. The van der Waals surface area contributed by atoms with Crippen molar-refractivity contribution in [3.05, 3.63) is 20.8 Å². The Balaban J connectivity index is 1.91. The van der Waals surface area contributed by atoms with Crippen LogP contribution in [0.25, 0.3) is 0 Å². The second-order valence-corrected chi connectivity index (χ2v) is 10.4. The normalized spacial score (nSPS) is 24.5. The molecule has 1 aromatic heterocycles. The van der Waals surface area contributed by atoms with E-state index in [0.717, 1.165) is 23.8 Å². The number of nitrogens with one attached hydrogen (secondary N) is 1. The lowest BCUT2D eigenvalue weighted by Gasteiger charge is -2.35. The maximum atomic E-state index is 13.5. The van der Waals surface area contributed by atoms with Gasteiger partial charge >= 0.3 is 11.7 Å². The van der Waals surface area contributed by atoms with Crippen LogP contribution < -0.4 is 22.3 Å². The molecule has 0 saturated heterocycles. The Morgan fingerprint density at radius 1 is 1.03 bits per heavy atom. The maximum Gasteiger partial charge on any atom is 0.332 e. The van der Waals surface area contributed by atoms with E-state index >= 15 is 0 Å². The fraction of sp³-hybridized carbons (Fsp3) is 0.750. The highest BCUT2D eigenvalue weighted by molar-refractivity contribution is 5.95. The number of aromatic nitrogens is 2. The summed E-state index contributed by atoms with van der Waals surface area (Å²) in [5.74, 6) is -1.26. The number of nitrogen functional groups attached to an aromatic ring is 1. The molecule has 0 aliphatic heterocycles. The van der Waals surface area contributed by atoms with Gasteiger partial charge in [-0.15, -0.1) is 0 Å². The van der Waals surface area contributed by atoms with Crippen molar-refractivity contribution in [1.82, 2.24) is 9.13 Å². The minimum atomic E-state index is -0.587. The van der Waals surface area contributed by atoms with E-state index in [4.69, 9.17) is 10.5 Å².